The first-order valence-corrected chi connectivity index (χ1v) is 9.15. The second kappa shape index (κ2) is 7.16. The first kappa shape index (κ1) is 20.3. The van der Waals surface area contributed by atoms with E-state index in [1.54, 1.807) is 0 Å². The van der Waals surface area contributed by atoms with Crippen LogP contribution in [0.25, 0.3) is 5.69 Å². The molecule has 0 saturated heterocycles. The van der Waals surface area contributed by atoms with Gasteiger partial charge >= 0.3 is 6.18 Å². The van der Waals surface area contributed by atoms with E-state index in [1.807, 2.05) is 4.72 Å². The predicted octanol–water partition coefficient (Wildman–Crippen LogP) is 3.74. The number of alkyl halides is 3. The Labute approximate surface area is 160 Å². The van der Waals surface area contributed by atoms with E-state index in [1.165, 1.54) is 18.5 Å². The lowest BCUT2D eigenvalue weighted by molar-refractivity contribution is -0.388. The number of halogens is 4. The fourth-order valence-electron chi connectivity index (χ4n) is 2.47. The van der Waals surface area contributed by atoms with Crippen LogP contribution < -0.4 is 4.72 Å². The lowest BCUT2D eigenvalue weighted by atomic mass is 10.1. The second-order valence-electron chi connectivity index (χ2n) is 5.65. The van der Waals surface area contributed by atoms with Crippen LogP contribution in [0.15, 0.2) is 59.8 Å². The van der Waals surface area contributed by atoms with E-state index in [9.17, 15) is 36.1 Å². The van der Waals surface area contributed by atoms with E-state index in [0.29, 0.717) is 24.3 Å². The number of nitro benzene ring substituents is 1. The number of aromatic nitrogens is 2. The smallest absolute Gasteiger partial charge is 0.277 e. The summed E-state index contributed by atoms with van der Waals surface area (Å²) in [5.41, 5.74) is -2.80. The molecule has 0 bridgehead atoms. The van der Waals surface area contributed by atoms with Crippen LogP contribution in [0.1, 0.15) is 5.56 Å². The van der Waals surface area contributed by atoms with Crippen LogP contribution in [0, 0.1) is 15.9 Å². The van der Waals surface area contributed by atoms with Gasteiger partial charge in [0.05, 0.1) is 27.9 Å². The molecule has 0 aliphatic rings. The van der Waals surface area contributed by atoms with Crippen LogP contribution in [-0.2, 0) is 16.2 Å². The number of hydrogen-bond donors (Lipinski definition) is 1. The van der Waals surface area contributed by atoms with Crippen molar-refractivity contribution in [3.8, 4) is 5.69 Å². The number of hydrogen-bond acceptors (Lipinski definition) is 5. The molecule has 3 aromatic rings. The van der Waals surface area contributed by atoms with Gasteiger partial charge in [-0.25, -0.2) is 17.5 Å². The van der Waals surface area contributed by atoms with Crippen molar-refractivity contribution in [2.24, 2.45) is 0 Å². The lowest BCUT2D eigenvalue weighted by Gasteiger charge is -2.15. The van der Waals surface area contributed by atoms with Gasteiger partial charge in [-0.15, -0.1) is 0 Å². The number of nitrogens with zero attached hydrogens (tertiary/aromatic N) is 3. The standard InChI is InChI=1S/C16H10F4N4O4S/c17-11-3-5-15(14(9-11)24(25)26)29(27,28)22-12-8-10(16(18,19)20)2-4-13(12)23-7-1-6-21-23/h1-9,22H. The third-order valence-electron chi connectivity index (χ3n) is 3.73. The lowest BCUT2D eigenvalue weighted by Crippen LogP contribution is -2.17. The van der Waals surface area contributed by atoms with Crippen LogP contribution >= 0.6 is 0 Å². The number of nitrogens with one attached hydrogen (secondary N) is 1. The van der Waals surface area contributed by atoms with E-state index < -0.39 is 48.8 Å². The largest absolute Gasteiger partial charge is 0.416 e. The molecular weight excluding hydrogens is 420 g/mol. The Balaban J connectivity index is 2.15. The average molecular weight is 430 g/mol. The monoisotopic (exact) mass is 430 g/mol. The van der Waals surface area contributed by atoms with Crippen molar-refractivity contribution in [1.29, 1.82) is 0 Å². The van der Waals surface area contributed by atoms with Gasteiger partial charge in [0.15, 0.2) is 4.90 Å². The summed E-state index contributed by atoms with van der Waals surface area (Å²) in [7, 11) is -4.75. The van der Waals surface area contributed by atoms with E-state index in [0.717, 1.165) is 16.8 Å². The van der Waals surface area contributed by atoms with Gasteiger partial charge in [-0.1, -0.05) is 0 Å². The van der Waals surface area contributed by atoms with Gasteiger partial charge in [0.1, 0.15) is 5.82 Å². The van der Waals surface area contributed by atoms with Gasteiger partial charge in [-0.2, -0.15) is 18.3 Å². The van der Waals surface area contributed by atoms with Gasteiger partial charge in [0.25, 0.3) is 15.7 Å². The summed E-state index contributed by atoms with van der Waals surface area (Å²) in [6, 6.07) is 5.45. The third-order valence-corrected chi connectivity index (χ3v) is 5.14. The van der Waals surface area contributed by atoms with E-state index >= 15 is 0 Å². The van der Waals surface area contributed by atoms with Gasteiger partial charge in [0.2, 0.25) is 0 Å². The normalized spacial score (nSPS) is 12.0. The molecule has 152 valence electrons. The second-order valence-corrected chi connectivity index (χ2v) is 7.31. The summed E-state index contributed by atoms with van der Waals surface area (Å²) in [4.78, 5) is 9.07. The molecule has 29 heavy (non-hydrogen) atoms. The molecule has 0 spiro atoms. The minimum Gasteiger partial charge on any atom is -0.277 e. The zero-order chi connectivity index (χ0) is 21.4. The van der Waals surface area contributed by atoms with Crippen LogP contribution in [0.3, 0.4) is 0 Å². The minimum atomic E-state index is -4.77. The maximum Gasteiger partial charge on any atom is 0.416 e. The highest BCUT2D eigenvalue weighted by molar-refractivity contribution is 7.92. The van der Waals surface area contributed by atoms with E-state index in [-0.39, 0.29) is 5.69 Å². The van der Waals surface area contributed by atoms with Crippen LogP contribution in [0.2, 0.25) is 0 Å². The molecule has 0 atom stereocenters. The molecule has 1 aromatic heterocycles. The number of nitro groups is 1. The molecular formula is C16H10F4N4O4S. The first-order chi connectivity index (χ1) is 13.5. The van der Waals surface area contributed by atoms with Gasteiger partial charge < -0.3 is 0 Å². The Morgan fingerprint density at radius 3 is 2.45 bits per heavy atom. The summed E-state index contributed by atoms with van der Waals surface area (Å²) < 4.78 is 80.9. The molecule has 8 nitrogen and oxygen atoms in total. The summed E-state index contributed by atoms with van der Waals surface area (Å²) in [6.07, 6.45) is -2.09. The maximum absolute atomic E-state index is 13.3. The Morgan fingerprint density at radius 2 is 1.86 bits per heavy atom. The zero-order valence-electron chi connectivity index (χ0n) is 14.1. The van der Waals surface area contributed by atoms with Crippen molar-refractivity contribution < 1.29 is 30.9 Å². The number of benzene rings is 2. The predicted molar refractivity (Wildman–Crippen MR) is 92.4 cm³/mol. The molecule has 0 amide bonds. The molecule has 13 heteroatoms. The maximum atomic E-state index is 13.3. The van der Waals surface area contributed by atoms with Crippen LogP contribution in [0.4, 0.5) is 28.9 Å². The van der Waals surface area contributed by atoms with Crippen molar-refractivity contribution in [3.05, 3.63) is 76.4 Å². The molecule has 0 aliphatic heterocycles. The van der Waals surface area contributed by atoms with Crippen molar-refractivity contribution >= 4 is 21.4 Å². The highest BCUT2D eigenvalue weighted by Gasteiger charge is 2.33. The van der Waals surface area contributed by atoms with Gasteiger partial charge in [-0.05, 0) is 36.4 Å². The number of anilines is 1. The number of rotatable bonds is 5. The zero-order valence-corrected chi connectivity index (χ0v) is 14.9. The third kappa shape index (κ3) is 4.18. The molecule has 0 saturated carbocycles. The van der Waals surface area contributed by atoms with Crippen LogP contribution in [-0.4, -0.2) is 23.1 Å². The minimum absolute atomic E-state index is 0.0589. The highest BCUT2D eigenvalue weighted by atomic mass is 32.2. The quantitative estimate of drug-likeness (QED) is 0.377. The van der Waals surface area contributed by atoms with Crippen molar-refractivity contribution in [1.82, 2.24) is 9.78 Å². The van der Waals surface area contributed by atoms with Gasteiger partial charge in [-0.3, -0.25) is 14.8 Å². The summed E-state index contributed by atoms with van der Waals surface area (Å²) in [5.74, 6) is -1.05. The molecule has 0 fully saturated rings. The molecule has 0 unspecified atom stereocenters. The summed E-state index contributed by atoms with van der Waals surface area (Å²) in [6.45, 7) is 0. The Hall–Kier alpha value is -3.48. The van der Waals surface area contributed by atoms with Gasteiger partial charge in [0, 0.05) is 12.4 Å². The molecule has 1 N–H and O–H groups in total. The Bertz CT molecular complexity index is 1180. The molecule has 2 aromatic carbocycles. The summed E-state index contributed by atoms with van der Waals surface area (Å²) >= 11 is 0. The fourth-order valence-corrected chi connectivity index (χ4v) is 3.68. The molecule has 3 rings (SSSR count). The highest BCUT2D eigenvalue weighted by Crippen LogP contribution is 2.35. The van der Waals surface area contributed by atoms with Crippen LogP contribution in [0.5, 0.6) is 0 Å². The Morgan fingerprint density at radius 1 is 1.14 bits per heavy atom. The average Bonchev–Trinajstić information content (AvgIpc) is 3.14. The van der Waals surface area contributed by atoms with Crippen molar-refractivity contribution in [2.75, 3.05) is 4.72 Å². The molecule has 0 aliphatic carbocycles. The molecule has 0 radical (unpaired) electrons. The van der Waals surface area contributed by atoms with E-state index in [4.69, 9.17) is 0 Å². The van der Waals surface area contributed by atoms with Crippen molar-refractivity contribution in [2.45, 2.75) is 11.1 Å². The van der Waals surface area contributed by atoms with E-state index in [2.05, 4.69) is 5.10 Å². The Kier molecular flexibility index (Phi) is 5.00. The number of sulfonamides is 1. The summed E-state index contributed by atoms with van der Waals surface area (Å²) in [5, 5.41) is 14.9. The fraction of sp³-hybridized carbons (Fsp3) is 0.0625. The SMILES string of the molecule is O=[N+]([O-])c1cc(F)ccc1S(=O)(=O)Nc1cc(C(F)(F)F)ccc1-n1cccn1. The van der Waals surface area contributed by atoms with Crippen molar-refractivity contribution in [3.63, 3.8) is 0 Å². The molecule has 1 heterocycles. The first-order valence-electron chi connectivity index (χ1n) is 7.67. The topological polar surface area (TPSA) is 107 Å².